The molecule has 21 heavy (non-hydrogen) atoms. The maximum Gasteiger partial charge on any atom is 0.307 e. The van der Waals surface area contributed by atoms with Crippen molar-refractivity contribution in [3.8, 4) is 0 Å². The number of esters is 1. The average Bonchev–Trinajstić information content (AvgIpc) is 2.48. The van der Waals surface area contributed by atoms with Crippen molar-refractivity contribution in [1.29, 1.82) is 0 Å². The summed E-state index contributed by atoms with van der Waals surface area (Å²) in [6, 6.07) is 5.72. The molecule has 0 aliphatic rings. The zero-order valence-corrected chi connectivity index (χ0v) is 13.2. The van der Waals surface area contributed by atoms with Crippen LogP contribution in [0.4, 0.5) is 5.69 Å². The molecule has 0 bridgehead atoms. The zero-order valence-electron chi connectivity index (χ0n) is 13.2. The van der Waals surface area contributed by atoms with E-state index in [2.05, 4.69) is 11.8 Å². The Kier molecular flexibility index (Phi) is 7.51. The lowest BCUT2D eigenvalue weighted by Crippen LogP contribution is -2.26. The van der Waals surface area contributed by atoms with Crippen molar-refractivity contribution in [1.82, 2.24) is 0 Å². The van der Waals surface area contributed by atoms with E-state index in [0.29, 0.717) is 25.1 Å². The molecule has 1 aromatic carbocycles. The molecular weight excluding hydrogens is 266 g/mol. The van der Waals surface area contributed by atoms with Crippen LogP contribution >= 0.6 is 0 Å². The number of anilines is 1. The fraction of sp³-hybridized carbons (Fsp3) is 0.529. The fourth-order valence-electron chi connectivity index (χ4n) is 2.09. The summed E-state index contributed by atoms with van der Waals surface area (Å²) in [7, 11) is 0. The van der Waals surface area contributed by atoms with Crippen LogP contribution in [0.15, 0.2) is 18.2 Å². The minimum absolute atomic E-state index is 0.150. The maximum absolute atomic E-state index is 11.6. The molecule has 0 fully saturated rings. The highest BCUT2D eigenvalue weighted by atomic mass is 16.5. The number of aldehydes is 1. The van der Waals surface area contributed by atoms with Gasteiger partial charge in [-0.15, -0.1) is 0 Å². The molecule has 0 aliphatic heterocycles. The van der Waals surface area contributed by atoms with E-state index in [0.717, 1.165) is 36.9 Å². The Hall–Kier alpha value is -1.84. The van der Waals surface area contributed by atoms with Gasteiger partial charge in [-0.3, -0.25) is 9.59 Å². The number of nitrogens with zero attached hydrogens (tertiary/aromatic N) is 1. The molecule has 0 N–H and O–H groups in total. The summed E-state index contributed by atoms with van der Waals surface area (Å²) in [5.41, 5.74) is 2.68. The molecule has 1 aromatic rings. The topological polar surface area (TPSA) is 46.6 Å². The minimum atomic E-state index is -0.150. The molecule has 0 unspecified atom stereocenters. The molecule has 0 saturated heterocycles. The first-order valence-electron chi connectivity index (χ1n) is 7.58. The molecule has 116 valence electrons. The van der Waals surface area contributed by atoms with Gasteiger partial charge in [0.1, 0.15) is 6.29 Å². The van der Waals surface area contributed by atoms with E-state index in [-0.39, 0.29) is 5.97 Å². The lowest BCUT2D eigenvalue weighted by Gasteiger charge is -2.23. The average molecular weight is 291 g/mol. The second-order valence-electron chi connectivity index (χ2n) is 5.06. The molecule has 4 heteroatoms. The number of ether oxygens (including phenoxy) is 1. The van der Waals surface area contributed by atoms with Crippen LogP contribution in [0.1, 0.15) is 49.0 Å². The molecule has 0 radical (unpaired) electrons. The second-order valence-corrected chi connectivity index (χ2v) is 5.06. The predicted octanol–water partition coefficient (Wildman–Crippen LogP) is 3.37. The number of carbonyl (C=O) groups is 2. The van der Waals surface area contributed by atoms with Crippen molar-refractivity contribution in [3.63, 3.8) is 0 Å². The second kappa shape index (κ2) is 9.16. The van der Waals surface area contributed by atoms with Crippen molar-refractivity contribution in [2.75, 3.05) is 24.6 Å². The first kappa shape index (κ1) is 17.2. The summed E-state index contributed by atoms with van der Waals surface area (Å²) in [5, 5.41) is 0. The van der Waals surface area contributed by atoms with Gasteiger partial charge in [-0.25, -0.2) is 0 Å². The van der Waals surface area contributed by atoms with Gasteiger partial charge in [0.25, 0.3) is 0 Å². The Morgan fingerprint density at radius 2 is 2.10 bits per heavy atom. The van der Waals surface area contributed by atoms with Crippen molar-refractivity contribution in [2.24, 2.45) is 0 Å². The van der Waals surface area contributed by atoms with Crippen molar-refractivity contribution < 1.29 is 14.3 Å². The number of unbranched alkanes of at least 4 members (excludes halogenated alkanes) is 1. The monoisotopic (exact) mass is 291 g/mol. The number of benzene rings is 1. The third-order valence-electron chi connectivity index (χ3n) is 3.47. The third kappa shape index (κ3) is 5.58. The normalized spacial score (nSPS) is 10.2. The molecule has 1 rings (SSSR count). The molecule has 0 aliphatic carbocycles. The lowest BCUT2D eigenvalue weighted by atomic mass is 10.1. The Balaban J connectivity index is 2.56. The van der Waals surface area contributed by atoms with Crippen LogP contribution < -0.4 is 4.90 Å². The quantitative estimate of drug-likeness (QED) is 0.397. The molecule has 0 atom stereocenters. The Morgan fingerprint density at radius 3 is 2.67 bits per heavy atom. The minimum Gasteiger partial charge on any atom is -0.466 e. The van der Waals surface area contributed by atoms with Crippen LogP contribution in [-0.2, 0) is 9.53 Å². The number of rotatable bonds is 9. The molecule has 0 aromatic heterocycles. The SMILES string of the molecule is CCCCOC(=O)CCN(CC)c1ccc(C=O)c(C)c1. The highest BCUT2D eigenvalue weighted by Gasteiger charge is 2.10. The summed E-state index contributed by atoms with van der Waals surface area (Å²) in [4.78, 5) is 24.6. The van der Waals surface area contributed by atoms with Crippen LogP contribution in [0, 0.1) is 6.92 Å². The number of hydrogen-bond donors (Lipinski definition) is 0. The largest absolute Gasteiger partial charge is 0.466 e. The smallest absolute Gasteiger partial charge is 0.307 e. The third-order valence-corrected chi connectivity index (χ3v) is 3.47. The first-order valence-corrected chi connectivity index (χ1v) is 7.58. The number of aryl methyl sites for hydroxylation is 1. The van der Waals surface area contributed by atoms with Gasteiger partial charge in [0.2, 0.25) is 0 Å². The Labute approximate surface area is 127 Å². The standard InChI is InChI=1S/C17H25NO3/c1-4-6-11-21-17(20)9-10-18(5-2)16-8-7-15(13-19)14(3)12-16/h7-8,12-13H,4-6,9-11H2,1-3H3. The highest BCUT2D eigenvalue weighted by Crippen LogP contribution is 2.18. The van der Waals surface area contributed by atoms with Crippen molar-refractivity contribution in [3.05, 3.63) is 29.3 Å². The molecule has 0 saturated carbocycles. The van der Waals surface area contributed by atoms with Crippen LogP contribution in [0.25, 0.3) is 0 Å². The Bertz CT molecular complexity index is 471. The Morgan fingerprint density at radius 1 is 1.33 bits per heavy atom. The van der Waals surface area contributed by atoms with E-state index in [1.807, 2.05) is 32.0 Å². The number of carbonyl (C=O) groups excluding carboxylic acids is 2. The maximum atomic E-state index is 11.6. The van der Waals surface area contributed by atoms with Gasteiger partial charge in [0.15, 0.2) is 0 Å². The zero-order chi connectivity index (χ0) is 15.7. The van der Waals surface area contributed by atoms with Crippen molar-refractivity contribution in [2.45, 2.75) is 40.0 Å². The molecular formula is C17H25NO3. The van der Waals surface area contributed by atoms with E-state index in [1.165, 1.54) is 0 Å². The van der Waals surface area contributed by atoms with E-state index < -0.39 is 0 Å². The molecule has 0 heterocycles. The highest BCUT2D eigenvalue weighted by molar-refractivity contribution is 5.78. The lowest BCUT2D eigenvalue weighted by molar-refractivity contribution is -0.143. The van der Waals surface area contributed by atoms with Crippen LogP contribution in [-0.4, -0.2) is 32.0 Å². The van der Waals surface area contributed by atoms with Gasteiger partial charge in [-0.1, -0.05) is 13.3 Å². The van der Waals surface area contributed by atoms with Crippen LogP contribution in [0.3, 0.4) is 0 Å². The first-order chi connectivity index (χ1) is 10.1. The predicted molar refractivity (Wildman–Crippen MR) is 84.9 cm³/mol. The molecule has 4 nitrogen and oxygen atoms in total. The van der Waals surface area contributed by atoms with Gasteiger partial charge in [0, 0.05) is 24.3 Å². The van der Waals surface area contributed by atoms with E-state index >= 15 is 0 Å². The summed E-state index contributed by atoms with van der Waals surface area (Å²) < 4.78 is 5.16. The van der Waals surface area contributed by atoms with Gasteiger partial charge in [-0.2, -0.15) is 0 Å². The van der Waals surface area contributed by atoms with Gasteiger partial charge >= 0.3 is 5.97 Å². The van der Waals surface area contributed by atoms with Gasteiger partial charge in [-0.05, 0) is 44.0 Å². The van der Waals surface area contributed by atoms with Gasteiger partial charge < -0.3 is 9.64 Å². The van der Waals surface area contributed by atoms with E-state index in [9.17, 15) is 9.59 Å². The van der Waals surface area contributed by atoms with Crippen LogP contribution in [0.2, 0.25) is 0 Å². The molecule has 0 spiro atoms. The van der Waals surface area contributed by atoms with Crippen molar-refractivity contribution >= 4 is 17.9 Å². The molecule has 0 amide bonds. The number of hydrogen-bond acceptors (Lipinski definition) is 4. The van der Waals surface area contributed by atoms with E-state index in [1.54, 1.807) is 0 Å². The fourth-order valence-corrected chi connectivity index (χ4v) is 2.09. The van der Waals surface area contributed by atoms with Gasteiger partial charge in [0.05, 0.1) is 13.0 Å². The summed E-state index contributed by atoms with van der Waals surface area (Å²) >= 11 is 0. The van der Waals surface area contributed by atoms with E-state index in [4.69, 9.17) is 4.74 Å². The van der Waals surface area contributed by atoms with Crippen LogP contribution in [0.5, 0.6) is 0 Å². The summed E-state index contributed by atoms with van der Waals surface area (Å²) in [6.07, 6.45) is 3.18. The summed E-state index contributed by atoms with van der Waals surface area (Å²) in [6.45, 7) is 7.97. The summed E-state index contributed by atoms with van der Waals surface area (Å²) in [5.74, 6) is -0.150.